The Morgan fingerprint density at radius 1 is 1.10 bits per heavy atom. The molecule has 2 amide bonds. The Kier molecular flexibility index (Phi) is 6.40. The smallest absolute Gasteiger partial charge is 0.253 e. The van der Waals surface area contributed by atoms with Crippen molar-refractivity contribution in [2.24, 2.45) is 0 Å². The normalized spacial score (nSPS) is 15.1. The summed E-state index contributed by atoms with van der Waals surface area (Å²) in [6.07, 6.45) is 2.84. The van der Waals surface area contributed by atoms with Crippen molar-refractivity contribution in [1.82, 2.24) is 15.1 Å². The molecule has 2 aromatic carbocycles. The van der Waals surface area contributed by atoms with E-state index in [-0.39, 0.29) is 11.8 Å². The van der Waals surface area contributed by atoms with Crippen LogP contribution in [0.3, 0.4) is 0 Å². The Morgan fingerprint density at radius 2 is 1.87 bits per heavy atom. The van der Waals surface area contributed by atoms with Gasteiger partial charge in [-0.2, -0.15) is 0 Å². The van der Waals surface area contributed by atoms with Crippen molar-refractivity contribution >= 4 is 39.9 Å². The highest BCUT2D eigenvalue weighted by Crippen LogP contribution is 2.28. The fraction of sp³-hybridized carbons (Fsp3) is 0.273. The minimum Gasteiger partial charge on any atom is -0.327 e. The van der Waals surface area contributed by atoms with Crippen molar-refractivity contribution in [2.45, 2.75) is 31.7 Å². The van der Waals surface area contributed by atoms with Gasteiger partial charge in [0, 0.05) is 24.4 Å². The number of hydrogen-bond acceptors (Lipinski definition) is 5. The van der Waals surface area contributed by atoms with E-state index in [1.807, 2.05) is 54.6 Å². The summed E-state index contributed by atoms with van der Waals surface area (Å²) in [5, 5.41) is 13.1. The van der Waals surface area contributed by atoms with Crippen LogP contribution in [0.2, 0.25) is 5.02 Å². The van der Waals surface area contributed by atoms with Crippen molar-refractivity contribution in [2.75, 3.05) is 11.9 Å². The molecule has 1 saturated heterocycles. The highest BCUT2D eigenvalue weighted by atomic mass is 35.5. The minimum atomic E-state index is -0.678. The lowest BCUT2D eigenvalue weighted by atomic mass is 10.0. The quantitative estimate of drug-likeness (QED) is 0.613. The number of aromatic nitrogens is 2. The van der Waals surface area contributed by atoms with Gasteiger partial charge in [0.15, 0.2) is 0 Å². The molecule has 0 radical (unpaired) electrons. The van der Waals surface area contributed by atoms with Gasteiger partial charge in [-0.1, -0.05) is 65.4 Å². The molecule has 8 heteroatoms. The molecule has 1 N–H and O–H groups in total. The molecule has 1 aromatic heterocycles. The monoisotopic (exact) mass is 440 g/mol. The Bertz CT molecular complexity index is 1020. The molecule has 1 atom stereocenters. The van der Waals surface area contributed by atoms with Crippen molar-refractivity contribution in [3.8, 4) is 0 Å². The zero-order chi connectivity index (χ0) is 20.9. The summed E-state index contributed by atoms with van der Waals surface area (Å²) < 4.78 is 0. The van der Waals surface area contributed by atoms with E-state index in [2.05, 4.69) is 15.5 Å². The number of amides is 2. The number of nitrogens with one attached hydrogen (secondary N) is 1. The van der Waals surface area contributed by atoms with E-state index in [0.29, 0.717) is 29.5 Å². The van der Waals surface area contributed by atoms with E-state index < -0.39 is 6.04 Å². The second-order valence-electron chi connectivity index (χ2n) is 7.15. The van der Waals surface area contributed by atoms with E-state index >= 15 is 0 Å². The van der Waals surface area contributed by atoms with Gasteiger partial charge in [-0.3, -0.25) is 14.9 Å². The Hall–Kier alpha value is -2.77. The summed E-state index contributed by atoms with van der Waals surface area (Å²) in [4.78, 5) is 27.4. The van der Waals surface area contributed by atoms with Crippen LogP contribution in [-0.4, -0.2) is 33.5 Å². The van der Waals surface area contributed by atoms with Gasteiger partial charge in [-0.25, -0.2) is 0 Å². The molecule has 3 aromatic rings. The zero-order valence-corrected chi connectivity index (χ0v) is 17.8. The lowest BCUT2D eigenvalue weighted by molar-refractivity contribution is -0.141. The third-order valence-corrected chi connectivity index (χ3v) is 6.09. The number of carbonyl (C=O) groups is 2. The molecule has 154 valence electrons. The minimum absolute atomic E-state index is 0.00550. The third-order valence-electron chi connectivity index (χ3n) is 5.00. The van der Waals surface area contributed by atoms with Gasteiger partial charge in [0.25, 0.3) is 5.91 Å². The predicted molar refractivity (Wildman–Crippen MR) is 118 cm³/mol. The van der Waals surface area contributed by atoms with Gasteiger partial charge in [-0.15, -0.1) is 10.2 Å². The van der Waals surface area contributed by atoms with E-state index in [0.717, 1.165) is 29.0 Å². The first-order valence-corrected chi connectivity index (χ1v) is 11.0. The Morgan fingerprint density at radius 3 is 2.60 bits per heavy atom. The zero-order valence-electron chi connectivity index (χ0n) is 16.3. The Balaban J connectivity index is 1.50. The standard InChI is InChI=1S/C22H21ClN4O2S/c23-17-11-9-15(10-12-17)14-18-25-26-22(30-18)24-21(29)20(16-6-2-1-3-7-16)27-13-5-4-8-19(27)28/h1-3,6-7,9-12,20H,4-5,8,13-14H2,(H,24,26,29). The molecule has 4 rings (SSSR count). The number of nitrogens with zero attached hydrogens (tertiary/aromatic N) is 3. The molecule has 1 unspecified atom stereocenters. The summed E-state index contributed by atoms with van der Waals surface area (Å²) in [6, 6.07) is 16.3. The fourth-order valence-electron chi connectivity index (χ4n) is 3.53. The number of halogens is 1. The molecular weight excluding hydrogens is 420 g/mol. The maximum Gasteiger partial charge on any atom is 0.253 e. The molecular formula is C22H21ClN4O2S. The van der Waals surface area contributed by atoms with Crippen LogP contribution < -0.4 is 5.32 Å². The number of hydrogen-bond donors (Lipinski definition) is 1. The molecule has 6 nitrogen and oxygen atoms in total. The van der Waals surface area contributed by atoms with Gasteiger partial charge >= 0.3 is 0 Å². The van der Waals surface area contributed by atoms with E-state index in [1.165, 1.54) is 11.3 Å². The SMILES string of the molecule is O=C(Nc1nnc(Cc2ccc(Cl)cc2)s1)C(c1ccccc1)N1CCCCC1=O. The average molecular weight is 441 g/mol. The molecule has 2 heterocycles. The van der Waals surface area contributed by atoms with Crippen molar-refractivity contribution in [3.63, 3.8) is 0 Å². The van der Waals surface area contributed by atoms with Crippen LogP contribution in [0.5, 0.6) is 0 Å². The lowest BCUT2D eigenvalue weighted by Crippen LogP contribution is -2.43. The number of likely N-dealkylation sites (tertiary alicyclic amines) is 1. The second kappa shape index (κ2) is 9.36. The maximum absolute atomic E-state index is 13.2. The third kappa shape index (κ3) is 4.86. The molecule has 1 aliphatic heterocycles. The first-order chi connectivity index (χ1) is 14.6. The summed E-state index contributed by atoms with van der Waals surface area (Å²) in [5.74, 6) is -0.267. The van der Waals surface area contributed by atoms with Crippen LogP contribution in [0.4, 0.5) is 5.13 Å². The topological polar surface area (TPSA) is 75.2 Å². The number of rotatable bonds is 6. The largest absolute Gasteiger partial charge is 0.327 e. The van der Waals surface area contributed by atoms with Crippen LogP contribution in [0.25, 0.3) is 0 Å². The number of piperidine rings is 1. The van der Waals surface area contributed by atoms with Gasteiger partial charge in [-0.05, 0) is 36.1 Å². The van der Waals surface area contributed by atoms with E-state index in [4.69, 9.17) is 11.6 Å². The van der Waals surface area contributed by atoms with Crippen LogP contribution >= 0.6 is 22.9 Å². The van der Waals surface area contributed by atoms with E-state index in [9.17, 15) is 9.59 Å². The lowest BCUT2D eigenvalue weighted by Gasteiger charge is -2.33. The predicted octanol–water partition coefficient (Wildman–Crippen LogP) is 4.47. The van der Waals surface area contributed by atoms with E-state index in [1.54, 1.807) is 4.90 Å². The summed E-state index contributed by atoms with van der Waals surface area (Å²) in [7, 11) is 0. The molecule has 1 aliphatic rings. The van der Waals surface area contributed by atoms with Crippen molar-refractivity contribution in [3.05, 3.63) is 75.8 Å². The fourth-order valence-corrected chi connectivity index (χ4v) is 4.44. The molecule has 30 heavy (non-hydrogen) atoms. The maximum atomic E-state index is 13.2. The number of benzene rings is 2. The molecule has 0 saturated carbocycles. The molecule has 0 bridgehead atoms. The summed E-state index contributed by atoms with van der Waals surface area (Å²) in [6.45, 7) is 0.573. The van der Waals surface area contributed by atoms with Crippen LogP contribution in [-0.2, 0) is 16.0 Å². The average Bonchev–Trinajstić information content (AvgIpc) is 3.19. The second-order valence-corrected chi connectivity index (χ2v) is 8.65. The molecule has 0 aliphatic carbocycles. The van der Waals surface area contributed by atoms with Crippen molar-refractivity contribution < 1.29 is 9.59 Å². The molecule has 0 spiro atoms. The van der Waals surface area contributed by atoms with Crippen LogP contribution in [0, 0.1) is 0 Å². The van der Waals surface area contributed by atoms with Gasteiger partial charge < -0.3 is 4.90 Å². The Labute approximate surface area is 183 Å². The van der Waals surface area contributed by atoms with Gasteiger partial charge in [0.2, 0.25) is 11.0 Å². The van der Waals surface area contributed by atoms with Gasteiger partial charge in [0.1, 0.15) is 11.0 Å². The number of carbonyl (C=O) groups excluding carboxylic acids is 2. The number of anilines is 1. The summed E-state index contributed by atoms with van der Waals surface area (Å²) >= 11 is 7.26. The van der Waals surface area contributed by atoms with Gasteiger partial charge in [0.05, 0.1) is 0 Å². The van der Waals surface area contributed by atoms with Crippen LogP contribution in [0.1, 0.15) is 41.4 Å². The summed E-state index contributed by atoms with van der Waals surface area (Å²) in [5.41, 5.74) is 1.85. The van der Waals surface area contributed by atoms with Crippen molar-refractivity contribution in [1.29, 1.82) is 0 Å². The molecule has 1 fully saturated rings. The highest BCUT2D eigenvalue weighted by Gasteiger charge is 2.33. The first kappa shape index (κ1) is 20.5. The highest BCUT2D eigenvalue weighted by molar-refractivity contribution is 7.15. The van der Waals surface area contributed by atoms with Crippen LogP contribution in [0.15, 0.2) is 54.6 Å². The first-order valence-electron chi connectivity index (χ1n) is 9.82.